The van der Waals surface area contributed by atoms with Gasteiger partial charge in [-0.1, -0.05) is 26.7 Å². The molecule has 4 heteroatoms. The Kier molecular flexibility index (Phi) is 4.59. The minimum atomic E-state index is -2.95. The molecule has 1 saturated heterocycles. The quantitative estimate of drug-likeness (QED) is 0.745. The van der Waals surface area contributed by atoms with Crippen molar-refractivity contribution in [1.29, 1.82) is 0 Å². The maximum atomic E-state index is 11.3. The van der Waals surface area contributed by atoms with Gasteiger partial charge in [-0.2, -0.15) is 0 Å². The van der Waals surface area contributed by atoms with Gasteiger partial charge in [0.15, 0.2) is 0 Å². The number of sulfonamides is 1. The smallest absolute Gasteiger partial charge is 0.211 e. The summed E-state index contributed by atoms with van der Waals surface area (Å²) < 4.78 is 24.2. The van der Waals surface area contributed by atoms with Gasteiger partial charge in [-0.15, -0.1) is 0 Å². The van der Waals surface area contributed by atoms with Gasteiger partial charge in [0.05, 0.1) is 6.26 Å². The summed E-state index contributed by atoms with van der Waals surface area (Å²) in [5.74, 6) is 1.50. The van der Waals surface area contributed by atoms with Crippen LogP contribution in [0, 0.1) is 11.8 Å². The lowest BCUT2D eigenvalue weighted by Crippen LogP contribution is -2.37. The second kappa shape index (κ2) is 5.30. The molecule has 0 N–H and O–H groups in total. The zero-order valence-electron chi connectivity index (χ0n) is 10.1. The zero-order chi connectivity index (χ0) is 11.5. The third kappa shape index (κ3) is 4.51. The van der Waals surface area contributed by atoms with Crippen molar-refractivity contribution in [1.82, 2.24) is 4.31 Å². The van der Waals surface area contributed by atoms with Gasteiger partial charge in [-0.3, -0.25) is 0 Å². The number of hydrogen-bond donors (Lipinski definition) is 0. The Morgan fingerprint density at radius 1 is 1.27 bits per heavy atom. The molecule has 0 amide bonds. The van der Waals surface area contributed by atoms with Crippen LogP contribution in [0.4, 0.5) is 0 Å². The average Bonchev–Trinajstić information content (AvgIpc) is 2.14. The van der Waals surface area contributed by atoms with Crippen molar-refractivity contribution >= 4 is 10.0 Å². The van der Waals surface area contributed by atoms with Gasteiger partial charge in [0, 0.05) is 13.1 Å². The molecule has 0 aromatic carbocycles. The Balaban J connectivity index is 2.30. The zero-order valence-corrected chi connectivity index (χ0v) is 10.9. The molecule has 0 spiro atoms. The van der Waals surface area contributed by atoms with E-state index in [0.717, 1.165) is 37.8 Å². The molecule has 1 rings (SSSR count). The number of rotatable bonds is 4. The van der Waals surface area contributed by atoms with Crippen molar-refractivity contribution < 1.29 is 8.42 Å². The molecule has 0 bridgehead atoms. The third-order valence-electron chi connectivity index (χ3n) is 3.19. The van der Waals surface area contributed by atoms with Crippen LogP contribution in [0.25, 0.3) is 0 Å². The van der Waals surface area contributed by atoms with Crippen molar-refractivity contribution in [2.45, 2.75) is 39.5 Å². The van der Waals surface area contributed by atoms with Crippen LogP contribution in [0.3, 0.4) is 0 Å². The fraction of sp³-hybridized carbons (Fsp3) is 1.00. The summed E-state index contributed by atoms with van der Waals surface area (Å²) in [7, 11) is -2.95. The molecule has 0 aromatic rings. The van der Waals surface area contributed by atoms with E-state index < -0.39 is 10.0 Å². The number of piperidine rings is 1. The third-order valence-corrected chi connectivity index (χ3v) is 4.50. The highest BCUT2D eigenvalue weighted by Gasteiger charge is 2.24. The van der Waals surface area contributed by atoms with Gasteiger partial charge in [0.25, 0.3) is 0 Å². The summed E-state index contributed by atoms with van der Waals surface area (Å²) in [6.07, 6.45) is 5.92. The van der Waals surface area contributed by atoms with Crippen LogP contribution in [0.5, 0.6) is 0 Å². The van der Waals surface area contributed by atoms with Crippen LogP contribution in [0.2, 0.25) is 0 Å². The van der Waals surface area contributed by atoms with E-state index in [0.29, 0.717) is 0 Å². The van der Waals surface area contributed by atoms with Gasteiger partial charge < -0.3 is 0 Å². The van der Waals surface area contributed by atoms with E-state index in [1.165, 1.54) is 19.1 Å². The molecule has 0 aromatic heterocycles. The molecule has 0 saturated carbocycles. The predicted octanol–water partition coefficient (Wildman–Crippen LogP) is 2.09. The molecule has 0 radical (unpaired) electrons. The van der Waals surface area contributed by atoms with Crippen molar-refractivity contribution in [2.75, 3.05) is 19.3 Å². The van der Waals surface area contributed by atoms with Gasteiger partial charge in [0.1, 0.15) is 0 Å². The molecule has 1 fully saturated rings. The first-order valence-electron chi connectivity index (χ1n) is 5.84. The van der Waals surface area contributed by atoms with Crippen molar-refractivity contribution in [3.05, 3.63) is 0 Å². The number of nitrogens with zero attached hydrogens (tertiary/aromatic N) is 1. The average molecular weight is 233 g/mol. The van der Waals surface area contributed by atoms with E-state index in [1.807, 2.05) is 0 Å². The summed E-state index contributed by atoms with van der Waals surface area (Å²) >= 11 is 0. The standard InChI is InChI=1S/C11H23NO2S/c1-10(2)4-5-11-6-8-12(9-7-11)15(3,13)14/h10-11H,4-9H2,1-3H3. The Morgan fingerprint density at radius 3 is 2.20 bits per heavy atom. The SMILES string of the molecule is CC(C)CCC1CCN(S(C)(=O)=O)CC1. The van der Waals surface area contributed by atoms with E-state index in [4.69, 9.17) is 0 Å². The highest BCUT2D eigenvalue weighted by atomic mass is 32.2. The maximum Gasteiger partial charge on any atom is 0.211 e. The van der Waals surface area contributed by atoms with E-state index in [-0.39, 0.29) is 0 Å². The summed E-state index contributed by atoms with van der Waals surface area (Å²) in [5, 5.41) is 0. The molecule has 90 valence electrons. The lowest BCUT2D eigenvalue weighted by molar-refractivity contribution is 0.254. The predicted molar refractivity (Wildman–Crippen MR) is 63.2 cm³/mol. The second-order valence-electron chi connectivity index (χ2n) is 5.08. The molecule has 1 aliphatic rings. The molecule has 0 atom stereocenters. The Hall–Kier alpha value is -0.0900. The molecular weight excluding hydrogens is 210 g/mol. The van der Waals surface area contributed by atoms with Crippen LogP contribution in [0.1, 0.15) is 39.5 Å². The highest BCUT2D eigenvalue weighted by Crippen LogP contribution is 2.24. The van der Waals surface area contributed by atoms with Crippen molar-refractivity contribution in [3.8, 4) is 0 Å². The molecular formula is C11H23NO2S. The van der Waals surface area contributed by atoms with Gasteiger partial charge >= 0.3 is 0 Å². The van der Waals surface area contributed by atoms with Gasteiger partial charge in [0.2, 0.25) is 10.0 Å². The Morgan fingerprint density at radius 2 is 1.80 bits per heavy atom. The Bertz CT molecular complexity index is 277. The molecule has 3 nitrogen and oxygen atoms in total. The maximum absolute atomic E-state index is 11.3. The van der Waals surface area contributed by atoms with E-state index in [1.54, 1.807) is 4.31 Å². The van der Waals surface area contributed by atoms with Gasteiger partial charge in [-0.25, -0.2) is 12.7 Å². The van der Waals surface area contributed by atoms with E-state index in [9.17, 15) is 8.42 Å². The van der Waals surface area contributed by atoms with Gasteiger partial charge in [-0.05, 0) is 24.7 Å². The van der Waals surface area contributed by atoms with E-state index in [2.05, 4.69) is 13.8 Å². The summed E-state index contributed by atoms with van der Waals surface area (Å²) in [6, 6.07) is 0. The normalized spacial score (nSPS) is 21.1. The van der Waals surface area contributed by atoms with Crippen LogP contribution < -0.4 is 0 Å². The molecule has 1 heterocycles. The first-order valence-corrected chi connectivity index (χ1v) is 7.69. The fourth-order valence-electron chi connectivity index (χ4n) is 2.10. The topological polar surface area (TPSA) is 37.4 Å². The largest absolute Gasteiger partial charge is 0.213 e. The summed E-state index contributed by atoms with van der Waals surface area (Å²) in [6.45, 7) is 5.93. The number of hydrogen-bond acceptors (Lipinski definition) is 2. The van der Waals surface area contributed by atoms with Crippen molar-refractivity contribution in [3.63, 3.8) is 0 Å². The Labute approximate surface area is 93.9 Å². The first-order chi connectivity index (χ1) is 6.89. The van der Waals surface area contributed by atoms with E-state index >= 15 is 0 Å². The van der Waals surface area contributed by atoms with Crippen LogP contribution in [-0.4, -0.2) is 32.1 Å². The first kappa shape index (κ1) is 13.0. The lowest BCUT2D eigenvalue weighted by Gasteiger charge is -2.30. The van der Waals surface area contributed by atoms with Crippen LogP contribution in [-0.2, 0) is 10.0 Å². The molecule has 15 heavy (non-hydrogen) atoms. The summed E-state index contributed by atoms with van der Waals surface area (Å²) in [5.41, 5.74) is 0. The second-order valence-corrected chi connectivity index (χ2v) is 7.06. The molecule has 0 aliphatic carbocycles. The summed E-state index contributed by atoms with van der Waals surface area (Å²) in [4.78, 5) is 0. The molecule has 0 unspecified atom stereocenters. The molecule has 1 aliphatic heterocycles. The monoisotopic (exact) mass is 233 g/mol. The van der Waals surface area contributed by atoms with Crippen molar-refractivity contribution in [2.24, 2.45) is 11.8 Å². The lowest BCUT2D eigenvalue weighted by atomic mass is 9.90. The minimum Gasteiger partial charge on any atom is -0.213 e. The van der Waals surface area contributed by atoms with Crippen LogP contribution in [0.15, 0.2) is 0 Å². The highest BCUT2D eigenvalue weighted by molar-refractivity contribution is 7.88. The fourth-order valence-corrected chi connectivity index (χ4v) is 2.97. The minimum absolute atomic E-state index is 0.724. The van der Waals surface area contributed by atoms with Crippen LogP contribution >= 0.6 is 0 Å².